The van der Waals surface area contributed by atoms with Gasteiger partial charge in [-0.15, -0.1) is 0 Å². The molecule has 0 saturated carbocycles. The highest BCUT2D eigenvalue weighted by Crippen LogP contribution is 2.25. The lowest BCUT2D eigenvalue weighted by Gasteiger charge is -2.27. The molecule has 8 N–H and O–H groups in total. The zero-order valence-corrected chi connectivity index (χ0v) is 14.0. The SMILES string of the molecule is CC(CCCC(=O)O)(N=NC(C)(CCCC(=O)O)C(=N)N)C(=N)N. The highest BCUT2D eigenvalue weighted by Gasteiger charge is 2.32. The van der Waals surface area contributed by atoms with Gasteiger partial charge in [0.25, 0.3) is 0 Å². The lowest BCUT2D eigenvalue weighted by atomic mass is 9.93. The first kappa shape index (κ1) is 21.5. The second-order valence-electron chi connectivity index (χ2n) is 6.07. The van der Waals surface area contributed by atoms with E-state index in [4.69, 9.17) is 32.5 Å². The molecule has 0 spiro atoms. The Hall–Kier alpha value is -2.52. The average Bonchev–Trinajstić information content (AvgIpc) is 2.44. The van der Waals surface area contributed by atoms with Crippen LogP contribution in [0.15, 0.2) is 10.2 Å². The lowest BCUT2D eigenvalue weighted by Crippen LogP contribution is -2.42. The standard InChI is InChI=1S/C14H26N6O4/c1-13(11(15)16,7-3-5-9(21)22)19-20-14(2,12(17)18)8-4-6-10(23)24/h3-8H2,1-2H3,(H3,15,16)(H3,17,18)(H,21,22)(H,23,24). The fourth-order valence-electron chi connectivity index (χ4n) is 1.87. The molecule has 0 aromatic carbocycles. The maximum atomic E-state index is 10.6. The van der Waals surface area contributed by atoms with Crippen LogP contribution in [0.25, 0.3) is 0 Å². The number of nitrogens with zero attached hydrogens (tertiary/aromatic N) is 2. The number of carboxylic acid groups (broad SMARTS) is 2. The molecule has 10 heteroatoms. The van der Waals surface area contributed by atoms with Crippen molar-refractivity contribution >= 4 is 23.6 Å². The van der Waals surface area contributed by atoms with Crippen LogP contribution >= 0.6 is 0 Å². The van der Waals surface area contributed by atoms with Crippen molar-refractivity contribution in [3.05, 3.63) is 0 Å². The van der Waals surface area contributed by atoms with Crippen molar-refractivity contribution in [3.63, 3.8) is 0 Å². The molecule has 2 unspecified atom stereocenters. The molecule has 0 aliphatic rings. The molecule has 136 valence electrons. The van der Waals surface area contributed by atoms with Crippen LogP contribution in [-0.4, -0.2) is 44.9 Å². The van der Waals surface area contributed by atoms with E-state index in [2.05, 4.69) is 10.2 Å². The van der Waals surface area contributed by atoms with Crippen LogP contribution in [0.3, 0.4) is 0 Å². The molecular formula is C14H26N6O4. The zero-order valence-electron chi connectivity index (χ0n) is 14.0. The van der Waals surface area contributed by atoms with Crippen LogP contribution in [-0.2, 0) is 9.59 Å². The van der Waals surface area contributed by atoms with E-state index < -0.39 is 23.0 Å². The molecular weight excluding hydrogens is 316 g/mol. The van der Waals surface area contributed by atoms with E-state index >= 15 is 0 Å². The first-order valence-electron chi connectivity index (χ1n) is 7.49. The summed E-state index contributed by atoms with van der Waals surface area (Å²) < 4.78 is 0. The summed E-state index contributed by atoms with van der Waals surface area (Å²) in [7, 11) is 0. The third-order valence-electron chi connectivity index (χ3n) is 3.76. The minimum absolute atomic E-state index is 0.0824. The largest absolute Gasteiger partial charge is 0.481 e. The zero-order chi connectivity index (χ0) is 19.0. The molecule has 0 aromatic rings. The van der Waals surface area contributed by atoms with E-state index in [1.54, 1.807) is 13.8 Å². The number of hydrogen-bond acceptors (Lipinski definition) is 6. The Morgan fingerprint density at radius 2 is 1.17 bits per heavy atom. The van der Waals surface area contributed by atoms with Gasteiger partial charge in [-0.1, -0.05) is 0 Å². The summed E-state index contributed by atoms with van der Waals surface area (Å²) >= 11 is 0. The molecule has 0 rings (SSSR count). The van der Waals surface area contributed by atoms with Gasteiger partial charge < -0.3 is 21.7 Å². The molecule has 24 heavy (non-hydrogen) atoms. The smallest absolute Gasteiger partial charge is 0.303 e. The van der Waals surface area contributed by atoms with Gasteiger partial charge in [0.1, 0.15) is 22.7 Å². The minimum atomic E-state index is -1.20. The van der Waals surface area contributed by atoms with Crippen LogP contribution < -0.4 is 11.5 Å². The van der Waals surface area contributed by atoms with Gasteiger partial charge in [0.2, 0.25) is 0 Å². The molecule has 0 aliphatic heterocycles. The summed E-state index contributed by atoms with van der Waals surface area (Å²) in [5.41, 5.74) is 8.71. The number of carbonyl (C=O) groups is 2. The summed E-state index contributed by atoms with van der Waals surface area (Å²) in [6.07, 6.45) is 0.783. The average molecular weight is 342 g/mol. The molecule has 0 amide bonds. The number of aliphatic carboxylic acids is 2. The van der Waals surface area contributed by atoms with Crippen molar-refractivity contribution in [1.29, 1.82) is 10.8 Å². The Labute approximate surface area is 140 Å². The monoisotopic (exact) mass is 342 g/mol. The van der Waals surface area contributed by atoms with E-state index in [1.165, 1.54) is 0 Å². The highest BCUT2D eigenvalue weighted by molar-refractivity contribution is 5.88. The molecule has 0 aliphatic carbocycles. The van der Waals surface area contributed by atoms with Crippen molar-refractivity contribution < 1.29 is 19.8 Å². The molecule has 0 radical (unpaired) electrons. The van der Waals surface area contributed by atoms with Gasteiger partial charge in [-0.2, -0.15) is 10.2 Å². The Morgan fingerprint density at radius 3 is 1.38 bits per heavy atom. The topological polar surface area (TPSA) is 199 Å². The normalized spacial score (nSPS) is 16.2. The van der Waals surface area contributed by atoms with Gasteiger partial charge >= 0.3 is 11.9 Å². The highest BCUT2D eigenvalue weighted by atomic mass is 16.4. The van der Waals surface area contributed by atoms with Gasteiger partial charge in [0.15, 0.2) is 0 Å². The predicted octanol–water partition coefficient (Wildman–Crippen LogP) is 1.34. The van der Waals surface area contributed by atoms with Gasteiger partial charge in [0, 0.05) is 12.8 Å². The predicted molar refractivity (Wildman–Crippen MR) is 88.5 cm³/mol. The molecule has 0 saturated heterocycles. The number of azo groups is 1. The number of nitrogens with two attached hydrogens (primary N) is 2. The molecule has 0 aromatic heterocycles. The van der Waals surface area contributed by atoms with Crippen molar-refractivity contribution in [2.24, 2.45) is 21.7 Å². The van der Waals surface area contributed by atoms with E-state index in [1.807, 2.05) is 0 Å². The van der Waals surface area contributed by atoms with Gasteiger partial charge in [0.05, 0.1) is 0 Å². The Kier molecular flexibility index (Phi) is 8.00. The van der Waals surface area contributed by atoms with Crippen LogP contribution in [0.5, 0.6) is 0 Å². The maximum absolute atomic E-state index is 10.6. The Balaban J connectivity index is 5.16. The van der Waals surface area contributed by atoms with Crippen molar-refractivity contribution in [2.75, 3.05) is 0 Å². The molecule has 0 heterocycles. The van der Waals surface area contributed by atoms with E-state index in [0.29, 0.717) is 0 Å². The number of rotatable bonds is 12. The Morgan fingerprint density at radius 1 is 0.875 bits per heavy atom. The lowest BCUT2D eigenvalue weighted by molar-refractivity contribution is -0.138. The molecule has 2 atom stereocenters. The first-order valence-corrected chi connectivity index (χ1v) is 7.49. The second-order valence-corrected chi connectivity index (χ2v) is 6.07. The van der Waals surface area contributed by atoms with Crippen molar-refractivity contribution in [3.8, 4) is 0 Å². The summed E-state index contributed by atoms with van der Waals surface area (Å²) in [4.78, 5) is 21.2. The van der Waals surface area contributed by atoms with Gasteiger partial charge in [-0.05, 0) is 39.5 Å². The van der Waals surface area contributed by atoms with E-state index in [0.717, 1.165) is 0 Å². The maximum Gasteiger partial charge on any atom is 0.303 e. The summed E-state index contributed by atoms with van der Waals surface area (Å²) in [5, 5.41) is 40.8. The van der Waals surface area contributed by atoms with Gasteiger partial charge in [-0.25, -0.2) is 0 Å². The van der Waals surface area contributed by atoms with Crippen molar-refractivity contribution in [2.45, 2.75) is 63.5 Å². The number of nitrogens with one attached hydrogen (secondary N) is 2. The van der Waals surface area contributed by atoms with E-state index in [9.17, 15) is 9.59 Å². The van der Waals surface area contributed by atoms with Crippen molar-refractivity contribution in [1.82, 2.24) is 0 Å². The van der Waals surface area contributed by atoms with E-state index in [-0.39, 0.29) is 50.2 Å². The number of carboxylic acids is 2. The quantitative estimate of drug-likeness (QED) is 0.175. The molecule has 10 nitrogen and oxygen atoms in total. The Bertz CT molecular complexity index is 489. The van der Waals surface area contributed by atoms with Crippen LogP contribution in [0.4, 0.5) is 0 Å². The minimum Gasteiger partial charge on any atom is -0.481 e. The fourth-order valence-corrected chi connectivity index (χ4v) is 1.87. The summed E-state index contributed by atoms with van der Waals surface area (Å²) in [5.74, 6) is -2.46. The summed E-state index contributed by atoms with van der Waals surface area (Å²) in [6, 6.07) is 0. The molecule has 0 bridgehead atoms. The van der Waals surface area contributed by atoms with Gasteiger partial charge in [-0.3, -0.25) is 20.4 Å². The third-order valence-corrected chi connectivity index (χ3v) is 3.76. The first-order chi connectivity index (χ1) is 10.9. The molecule has 0 fully saturated rings. The van der Waals surface area contributed by atoms with Crippen LogP contribution in [0.2, 0.25) is 0 Å². The summed E-state index contributed by atoms with van der Waals surface area (Å²) in [6.45, 7) is 3.11. The number of hydrogen-bond donors (Lipinski definition) is 6. The second kappa shape index (κ2) is 8.94. The van der Waals surface area contributed by atoms with Crippen LogP contribution in [0, 0.1) is 10.8 Å². The number of amidine groups is 2. The van der Waals surface area contributed by atoms with Crippen LogP contribution in [0.1, 0.15) is 52.4 Å². The fraction of sp³-hybridized carbons (Fsp3) is 0.714. The third kappa shape index (κ3) is 7.16.